The van der Waals surface area contributed by atoms with E-state index in [1.54, 1.807) is 12.1 Å². The van der Waals surface area contributed by atoms with Gasteiger partial charge in [0.2, 0.25) is 0 Å². The van der Waals surface area contributed by atoms with E-state index in [9.17, 15) is 9.59 Å². The first kappa shape index (κ1) is 20.1. The van der Waals surface area contributed by atoms with Gasteiger partial charge in [0, 0.05) is 24.7 Å². The van der Waals surface area contributed by atoms with E-state index in [1.165, 1.54) is 7.11 Å². The smallest absolute Gasteiger partial charge is 0.338 e. The number of carbonyl (C=O) groups excluding carboxylic acids is 1. The van der Waals surface area contributed by atoms with Crippen LogP contribution in [0, 0.1) is 0 Å². The van der Waals surface area contributed by atoms with Gasteiger partial charge in [-0.15, -0.1) is 0 Å². The Labute approximate surface area is 164 Å². The van der Waals surface area contributed by atoms with Gasteiger partial charge >= 0.3 is 11.9 Å². The maximum absolute atomic E-state index is 12.0. The number of hydrogen-bond donors (Lipinski definition) is 1. The summed E-state index contributed by atoms with van der Waals surface area (Å²) in [6.07, 6.45) is 1.87. The lowest BCUT2D eigenvalue weighted by Crippen LogP contribution is -2.44. The van der Waals surface area contributed by atoms with Crippen LogP contribution in [0.2, 0.25) is 0 Å². The number of piperidine rings is 1. The van der Waals surface area contributed by atoms with Crippen molar-refractivity contribution >= 4 is 11.9 Å². The Hall–Kier alpha value is -2.64. The van der Waals surface area contributed by atoms with Crippen molar-refractivity contribution in [3.05, 3.63) is 47.7 Å². The molecule has 1 aliphatic heterocycles. The fourth-order valence-corrected chi connectivity index (χ4v) is 3.67. The molecule has 0 unspecified atom stereocenters. The van der Waals surface area contributed by atoms with Gasteiger partial charge in [-0.25, -0.2) is 4.79 Å². The highest BCUT2D eigenvalue weighted by Crippen LogP contribution is 2.27. The summed E-state index contributed by atoms with van der Waals surface area (Å²) in [6, 6.07) is 11.3. The standard InChI is InChI=1S/C21H26N2O5/c1-22(14-20(24)25)15-9-11-23(12-10-15)13-16-7-8-19(28-16)17-5-3-4-6-18(17)21(26)27-2/h3-8,15H,9-14H2,1-2H3,(H,24,25). The van der Waals surface area contributed by atoms with Crippen LogP contribution in [0.3, 0.4) is 0 Å². The molecule has 0 spiro atoms. The summed E-state index contributed by atoms with van der Waals surface area (Å²) in [5, 5.41) is 8.93. The molecule has 1 N–H and O–H groups in total. The van der Waals surface area contributed by atoms with Crippen molar-refractivity contribution in [1.29, 1.82) is 0 Å². The molecular formula is C21H26N2O5. The Bertz CT molecular complexity index is 824. The molecule has 0 radical (unpaired) electrons. The van der Waals surface area contributed by atoms with Gasteiger partial charge in [0.15, 0.2) is 0 Å². The zero-order valence-electron chi connectivity index (χ0n) is 16.3. The van der Waals surface area contributed by atoms with E-state index in [0.29, 0.717) is 23.9 Å². The summed E-state index contributed by atoms with van der Waals surface area (Å²) in [6.45, 7) is 2.55. The molecule has 0 aliphatic carbocycles. The average molecular weight is 386 g/mol. The van der Waals surface area contributed by atoms with Crippen molar-refractivity contribution in [1.82, 2.24) is 9.80 Å². The molecule has 0 amide bonds. The minimum absolute atomic E-state index is 0.0752. The summed E-state index contributed by atoms with van der Waals surface area (Å²) < 4.78 is 10.8. The van der Waals surface area contributed by atoms with Crippen LogP contribution in [0.15, 0.2) is 40.8 Å². The first-order valence-electron chi connectivity index (χ1n) is 9.38. The Morgan fingerprint density at radius 1 is 1.21 bits per heavy atom. The highest BCUT2D eigenvalue weighted by atomic mass is 16.5. The molecule has 0 saturated carbocycles. The molecule has 1 saturated heterocycles. The Balaban J connectivity index is 1.61. The van der Waals surface area contributed by atoms with Crippen LogP contribution in [0.1, 0.15) is 29.0 Å². The third-order valence-corrected chi connectivity index (χ3v) is 5.20. The molecule has 28 heavy (non-hydrogen) atoms. The number of carbonyl (C=O) groups is 2. The predicted octanol–water partition coefficient (Wildman–Crippen LogP) is 2.71. The molecule has 3 rings (SSSR count). The minimum atomic E-state index is -0.791. The first-order chi connectivity index (χ1) is 13.5. The topological polar surface area (TPSA) is 83.2 Å². The highest BCUT2D eigenvalue weighted by Gasteiger charge is 2.24. The quantitative estimate of drug-likeness (QED) is 0.733. The molecule has 0 bridgehead atoms. The zero-order valence-corrected chi connectivity index (χ0v) is 16.3. The molecule has 2 heterocycles. The van der Waals surface area contributed by atoms with Crippen molar-refractivity contribution in [3.8, 4) is 11.3 Å². The largest absolute Gasteiger partial charge is 0.480 e. The number of methoxy groups -OCH3 is 1. The number of rotatable bonds is 7. The Kier molecular flexibility index (Phi) is 6.49. The fraction of sp³-hybridized carbons (Fsp3) is 0.429. The van der Waals surface area contributed by atoms with Crippen LogP contribution in [-0.4, -0.2) is 66.7 Å². The van der Waals surface area contributed by atoms with Crippen LogP contribution < -0.4 is 0 Å². The van der Waals surface area contributed by atoms with Crippen molar-refractivity contribution < 1.29 is 23.8 Å². The van der Waals surface area contributed by atoms with E-state index in [0.717, 1.165) is 37.3 Å². The van der Waals surface area contributed by atoms with Gasteiger partial charge in [0.05, 0.1) is 25.8 Å². The van der Waals surface area contributed by atoms with Gasteiger partial charge in [0.25, 0.3) is 0 Å². The van der Waals surface area contributed by atoms with E-state index in [-0.39, 0.29) is 12.5 Å². The second-order valence-corrected chi connectivity index (χ2v) is 7.12. The SMILES string of the molecule is COC(=O)c1ccccc1-c1ccc(CN2CCC(N(C)CC(=O)O)CC2)o1. The molecular weight excluding hydrogens is 360 g/mol. The van der Waals surface area contributed by atoms with Crippen LogP contribution in [0.25, 0.3) is 11.3 Å². The average Bonchev–Trinajstić information content (AvgIpc) is 3.15. The van der Waals surface area contributed by atoms with E-state index >= 15 is 0 Å². The lowest BCUT2D eigenvalue weighted by atomic mass is 10.0. The number of benzene rings is 1. The third kappa shape index (κ3) is 4.79. The first-order valence-corrected chi connectivity index (χ1v) is 9.38. The molecule has 7 nitrogen and oxygen atoms in total. The second-order valence-electron chi connectivity index (χ2n) is 7.12. The summed E-state index contributed by atoms with van der Waals surface area (Å²) in [7, 11) is 3.23. The van der Waals surface area contributed by atoms with E-state index in [4.69, 9.17) is 14.3 Å². The van der Waals surface area contributed by atoms with Gasteiger partial charge in [-0.05, 0) is 38.1 Å². The van der Waals surface area contributed by atoms with Gasteiger partial charge in [0.1, 0.15) is 11.5 Å². The molecule has 1 fully saturated rings. The number of likely N-dealkylation sites (N-methyl/N-ethyl adjacent to an activating group) is 1. The van der Waals surface area contributed by atoms with E-state index in [1.807, 2.05) is 36.2 Å². The van der Waals surface area contributed by atoms with Crippen molar-refractivity contribution in [3.63, 3.8) is 0 Å². The molecule has 150 valence electrons. The molecule has 0 atom stereocenters. The molecule has 7 heteroatoms. The number of carboxylic acids is 1. The number of ether oxygens (including phenoxy) is 1. The zero-order chi connectivity index (χ0) is 20.1. The van der Waals surface area contributed by atoms with Crippen molar-refractivity contribution in [2.45, 2.75) is 25.4 Å². The Morgan fingerprint density at radius 3 is 2.61 bits per heavy atom. The molecule has 1 aromatic heterocycles. The highest BCUT2D eigenvalue weighted by molar-refractivity contribution is 5.96. The molecule has 2 aromatic rings. The summed E-state index contributed by atoms with van der Waals surface area (Å²) in [5.41, 5.74) is 1.20. The maximum atomic E-state index is 12.0. The van der Waals surface area contributed by atoms with Crippen molar-refractivity contribution in [2.75, 3.05) is 33.8 Å². The van der Waals surface area contributed by atoms with Gasteiger partial charge in [-0.3, -0.25) is 14.6 Å². The number of aliphatic carboxylic acids is 1. The predicted molar refractivity (Wildman–Crippen MR) is 104 cm³/mol. The van der Waals surface area contributed by atoms with E-state index in [2.05, 4.69) is 4.90 Å². The van der Waals surface area contributed by atoms with Gasteiger partial charge in [-0.1, -0.05) is 18.2 Å². The molecule has 1 aromatic carbocycles. The van der Waals surface area contributed by atoms with Crippen LogP contribution >= 0.6 is 0 Å². The maximum Gasteiger partial charge on any atom is 0.338 e. The normalized spacial score (nSPS) is 15.7. The fourth-order valence-electron chi connectivity index (χ4n) is 3.67. The van der Waals surface area contributed by atoms with Crippen LogP contribution in [0.5, 0.6) is 0 Å². The van der Waals surface area contributed by atoms with Crippen LogP contribution in [0.4, 0.5) is 0 Å². The lowest BCUT2D eigenvalue weighted by Gasteiger charge is -2.35. The lowest BCUT2D eigenvalue weighted by molar-refractivity contribution is -0.138. The Morgan fingerprint density at radius 2 is 1.93 bits per heavy atom. The number of carboxylic acid groups (broad SMARTS) is 1. The molecule has 1 aliphatic rings. The monoisotopic (exact) mass is 386 g/mol. The number of furan rings is 1. The van der Waals surface area contributed by atoms with Crippen molar-refractivity contribution in [2.24, 2.45) is 0 Å². The number of nitrogens with zero attached hydrogens (tertiary/aromatic N) is 2. The third-order valence-electron chi connectivity index (χ3n) is 5.20. The van der Waals surface area contributed by atoms with E-state index < -0.39 is 5.97 Å². The number of hydrogen-bond acceptors (Lipinski definition) is 6. The van der Waals surface area contributed by atoms with Gasteiger partial charge < -0.3 is 14.3 Å². The minimum Gasteiger partial charge on any atom is -0.480 e. The number of esters is 1. The van der Waals surface area contributed by atoms with Crippen LogP contribution in [-0.2, 0) is 16.1 Å². The number of likely N-dealkylation sites (tertiary alicyclic amines) is 1. The summed E-state index contributed by atoms with van der Waals surface area (Å²) >= 11 is 0. The second kappa shape index (κ2) is 9.03. The van der Waals surface area contributed by atoms with Gasteiger partial charge in [-0.2, -0.15) is 0 Å². The summed E-state index contributed by atoms with van der Waals surface area (Å²) in [5.74, 6) is 0.306. The summed E-state index contributed by atoms with van der Waals surface area (Å²) in [4.78, 5) is 27.1.